The van der Waals surface area contributed by atoms with Gasteiger partial charge in [0, 0.05) is 67.3 Å². The van der Waals surface area contributed by atoms with Crippen LogP contribution in [0.1, 0.15) is 110 Å². The Morgan fingerprint density at radius 2 is 1.69 bits per heavy atom. The fraction of sp³-hybridized carbons (Fsp3) is 0.574. The lowest BCUT2D eigenvalue weighted by Gasteiger charge is -2.42. The summed E-state index contributed by atoms with van der Waals surface area (Å²) in [5.41, 5.74) is 13.6. The summed E-state index contributed by atoms with van der Waals surface area (Å²) >= 11 is 0. The van der Waals surface area contributed by atoms with Crippen LogP contribution in [0.25, 0.3) is 17.0 Å². The van der Waals surface area contributed by atoms with Gasteiger partial charge in [-0.2, -0.15) is 13.2 Å². The number of hydrazine groups is 1. The lowest BCUT2D eigenvalue weighted by molar-refractivity contribution is -0.131. The number of carbonyl (C=O) groups is 5. The highest BCUT2D eigenvalue weighted by Gasteiger charge is 2.37. The Labute approximate surface area is 442 Å². The normalized spacial score (nSPS) is 15.7. The Bertz CT molecular complexity index is 2130. The number of aldehydes is 1. The number of nitrogens with one attached hydrogen (secondary N) is 4. The van der Waals surface area contributed by atoms with Gasteiger partial charge >= 0.3 is 6.18 Å². The lowest BCUT2D eigenvalue weighted by atomic mass is 9.85. The second kappa shape index (κ2) is 36.2. The van der Waals surface area contributed by atoms with Gasteiger partial charge in [0.05, 0.1) is 36.7 Å². The molecule has 3 heterocycles. The van der Waals surface area contributed by atoms with Crippen LogP contribution in [0.5, 0.6) is 0 Å². The molecule has 1 saturated heterocycles. The number of likely N-dealkylation sites (N-methyl/N-ethyl adjacent to an activating group) is 1. The van der Waals surface area contributed by atoms with Crippen molar-refractivity contribution < 1.29 is 55.8 Å². The molecule has 1 aliphatic rings. The van der Waals surface area contributed by atoms with E-state index in [1.54, 1.807) is 62.7 Å². The summed E-state index contributed by atoms with van der Waals surface area (Å²) in [5.74, 6) is 0.508. The standard InChI is InChI=1S/C35H46F3N5O5.C15H32N4O2.C3H4O.CH2O/c1-25(19-34(3,4)22-47-24-45)33(29-11-10-17-39-32(29)26(2)46-5)43(21-35(36,37)38)28-15-13-27(14-16-28)30-20-48-31(42-30)12-8-6-7-9-18-40-41-23-44;1-12(2)13(14(16)20)18-8-6-15(5-7-17-3)11-19(4)9-10-21-15;1-2-3-4;1-2/h10-11,13-17,20,23-24,26,40H,6-9,12,18-19,21-22H2,1-5H3,(H,41,44);12-13,17-18H,5-11H2,1-4H3,(H2,16,20);2-3H,1H2;1H2/b33-25+;;;. The van der Waals surface area contributed by atoms with Gasteiger partial charge in [0.2, 0.25) is 12.3 Å². The number of rotatable bonds is 31. The molecule has 1 aromatic carbocycles. The topological polar surface area (TPSA) is 233 Å². The van der Waals surface area contributed by atoms with Crippen LogP contribution >= 0.6 is 0 Å². The third-order valence-corrected chi connectivity index (χ3v) is 12.0. The molecular formula is C54H84F3N9O9. The number of nitrogens with two attached hydrogens (primary N) is 1. The highest BCUT2D eigenvalue weighted by atomic mass is 19.4. The zero-order valence-corrected chi connectivity index (χ0v) is 45.6. The predicted molar refractivity (Wildman–Crippen MR) is 286 cm³/mol. The number of unbranched alkanes of at least 4 members (excludes halogenated alkanes) is 3. The number of methoxy groups -OCH3 is 1. The summed E-state index contributed by atoms with van der Waals surface area (Å²) in [6.07, 6.45) is 7.17. The molecule has 3 atom stereocenters. The maximum atomic E-state index is 14.3. The number of aryl methyl sites for hydroxylation is 1. The highest BCUT2D eigenvalue weighted by molar-refractivity contribution is 5.83. The zero-order chi connectivity index (χ0) is 56.5. The molecule has 21 heteroatoms. The van der Waals surface area contributed by atoms with E-state index in [0.29, 0.717) is 83.9 Å². The number of primary amides is 1. The predicted octanol–water partition coefficient (Wildman–Crippen LogP) is 7.16. The van der Waals surface area contributed by atoms with Crippen molar-refractivity contribution in [1.82, 2.24) is 36.4 Å². The monoisotopic (exact) mass is 1060 g/mol. The van der Waals surface area contributed by atoms with Crippen LogP contribution in [-0.2, 0) is 44.6 Å². The maximum absolute atomic E-state index is 14.3. The molecule has 0 saturated carbocycles. The second-order valence-electron chi connectivity index (χ2n) is 19.2. The first-order chi connectivity index (χ1) is 35.7. The summed E-state index contributed by atoms with van der Waals surface area (Å²) in [6, 6.07) is 9.93. The van der Waals surface area contributed by atoms with Crippen LogP contribution in [0.2, 0.25) is 0 Å². The SMILES string of the molecule is C=CC=O.C=O.CNCCC1(CCNC(C(N)=O)C(C)C)CN(C)CCO1.COC(C)c1ncccc1/C(=C(/C)CC(C)(C)COC=O)N(CC(F)(F)F)c1ccc(-c2coc(CCCCCCNNC=O)n2)cc1. The summed E-state index contributed by atoms with van der Waals surface area (Å²) in [4.78, 5) is 62.3. The number of halogens is 3. The number of oxazole rings is 1. The number of ether oxygens (including phenoxy) is 3. The van der Waals surface area contributed by atoms with Crippen LogP contribution < -0.4 is 32.1 Å². The van der Waals surface area contributed by atoms with Crippen molar-refractivity contribution in [1.29, 1.82) is 0 Å². The molecule has 3 aromatic rings. The van der Waals surface area contributed by atoms with Gasteiger partial charge in [0.25, 0.3) is 6.47 Å². The molecule has 0 radical (unpaired) electrons. The van der Waals surface area contributed by atoms with E-state index < -0.39 is 24.2 Å². The fourth-order valence-corrected chi connectivity index (χ4v) is 8.51. The summed E-state index contributed by atoms with van der Waals surface area (Å²) in [7, 11) is 5.61. The Morgan fingerprint density at radius 1 is 1.03 bits per heavy atom. The summed E-state index contributed by atoms with van der Waals surface area (Å²) in [6.45, 7) is 20.7. The first-order valence-electron chi connectivity index (χ1n) is 25.1. The van der Waals surface area contributed by atoms with E-state index in [2.05, 4.69) is 50.0 Å². The maximum Gasteiger partial charge on any atom is 0.406 e. The lowest BCUT2D eigenvalue weighted by Crippen LogP contribution is -2.54. The number of benzene rings is 1. The van der Waals surface area contributed by atoms with Crippen molar-refractivity contribution in [2.45, 2.75) is 117 Å². The third-order valence-electron chi connectivity index (χ3n) is 12.0. The minimum atomic E-state index is -4.54. The summed E-state index contributed by atoms with van der Waals surface area (Å²) < 4.78 is 65.3. The average Bonchev–Trinajstić information content (AvgIpc) is 3.86. The molecule has 0 bridgehead atoms. The van der Waals surface area contributed by atoms with Gasteiger partial charge in [-0.1, -0.05) is 59.2 Å². The van der Waals surface area contributed by atoms with Gasteiger partial charge < -0.3 is 49.6 Å². The Morgan fingerprint density at radius 3 is 2.27 bits per heavy atom. The van der Waals surface area contributed by atoms with Gasteiger partial charge in [-0.25, -0.2) is 10.4 Å². The number of allylic oxidation sites excluding steroid dienone is 2. The van der Waals surface area contributed by atoms with Gasteiger partial charge in [-0.05, 0) is 115 Å². The third kappa shape index (κ3) is 25.5. The van der Waals surface area contributed by atoms with Crippen LogP contribution in [0.4, 0.5) is 18.9 Å². The molecule has 0 spiro atoms. The number of amides is 2. The fourth-order valence-electron chi connectivity index (χ4n) is 8.51. The zero-order valence-electron chi connectivity index (χ0n) is 45.6. The van der Waals surface area contributed by atoms with Crippen molar-refractivity contribution in [3.05, 3.63) is 84.2 Å². The molecule has 1 fully saturated rings. The average molecular weight is 1060 g/mol. The van der Waals surface area contributed by atoms with Gasteiger partial charge in [-0.3, -0.25) is 29.6 Å². The molecule has 420 valence electrons. The van der Waals surface area contributed by atoms with Crippen molar-refractivity contribution in [2.75, 3.05) is 78.6 Å². The Kier molecular flexibility index (Phi) is 32.4. The molecule has 3 unspecified atom stereocenters. The van der Waals surface area contributed by atoms with Crippen LogP contribution in [0, 0.1) is 11.3 Å². The number of pyridine rings is 1. The molecule has 6 N–H and O–H groups in total. The molecule has 2 amide bonds. The molecule has 75 heavy (non-hydrogen) atoms. The second-order valence-corrected chi connectivity index (χ2v) is 19.2. The number of alkyl halides is 3. The minimum Gasteiger partial charge on any atom is -0.467 e. The number of anilines is 1. The van der Waals surface area contributed by atoms with E-state index in [1.165, 1.54) is 18.1 Å². The van der Waals surface area contributed by atoms with Crippen LogP contribution in [-0.4, -0.2) is 138 Å². The smallest absolute Gasteiger partial charge is 0.406 e. The highest BCUT2D eigenvalue weighted by Crippen LogP contribution is 2.39. The summed E-state index contributed by atoms with van der Waals surface area (Å²) in [5, 5.41) is 6.49. The molecule has 18 nitrogen and oxygen atoms in total. The van der Waals surface area contributed by atoms with Crippen molar-refractivity contribution in [2.24, 2.45) is 17.1 Å². The number of morpholine rings is 1. The number of hydrogen-bond acceptors (Lipinski definition) is 16. The van der Waals surface area contributed by atoms with E-state index in [0.717, 1.165) is 71.3 Å². The van der Waals surface area contributed by atoms with E-state index in [9.17, 15) is 27.6 Å². The molecule has 4 rings (SSSR count). The minimum absolute atomic E-state index is 0.0980. The first kappa shape index (κ1) is 67.2. The van der Waals surface area contributed by atoms with Crippen molar-refractivity contribution in [3.63, 3.8) is 0 Å². The van der Waals surface area contributed by atoms with Crippen molar-refractivity contribution in [3.8, 4) is 11.3 Å². The van der Waals surface area contributed by atoms with E-state index >= 15 is 0 Å². The Balaban J connectivity index is 0.000000861. The van der Waals surface area contributed by atoms with Crippen molar-refractivity contribution >= 4 is 43.2 Å². The molecule has 0 aliphatic carbocycles. The Hall–Kier alpha value is -5.84. The number of nitrogens with zero attached hydrogens (tertiary/aromatic N) is 4. The largest absolute Gasteiger partial charge is 0.467 e. The van der Waals surface area contributed by atoms with E-state index in [1.807, 2.05) is 41.5 Å². The first-order valence-corrected chi connectivity index (χ1v) is 25.1. The van der Waals surface area contributed by atoms with Crippen LogP contribution in [0.3, 0.4) is 0 Å². The molecular weight excluding hydrogens is 976 g/mol. The molecule has 1 aliphatic heterocycles. The van der Waals surface area contributed by atoms with Gasteiger partial charge in [0.15, 0.2) is 5.89 Å². The van der Waals surface area contributed by atoms with Gasteiger partial charge in [-0.15, -0.1) is 0 Å². The number of hydrogen-bond donors (Lipinski definition) is 5. The number of carbonyl (C=O) groups excluding carboxylic acids is 5. The number of aromatic nitrogens is 2. The van der Waals surface area contributed by atoms with E-state index in [4.69, 9.17) is 34.0 Å². The molecule has 2 aromatic heterocycles. The quantitative estimate of drug-likeness (QED) is 0.0186. The van der Waals surface area contributed by atoms with Crippen LogP contribution in [0.15, 0.2) is 71.5 Å². The van der Waals surface area contributed by atoms with Gasteiger partial charge in [0.1, 0.15) is 31.6 Å². The van der Waals surface area contributed by atoms with E-state index in [-0.39, 0.29) is 30.1 Å².